The maximum absolute atomic E-state index is 9.33. The summed E-state index contributed by atoms with van der Waals surface area (Å²) in [4.78, 5) is 0. The molecule has 0 saturated carbocycles. The van der Waals surface area contributed by atoms with Crippen molar-refractivity contribution in [2.75, 3.05) is 6.61 Å². The highest BCUT2D eigenvalue weighted by molar-refractivity contribution is 6.59. The lowest BCUT2D eigenvalue weighted by Gasteiger charge is -2.13. The van der Waals surface area contributed by atoms with Gasteiger partial charge in [-0.25, -0.2) is 0 Å². The molecule has 0 radical (unpaired) electrons. The fourth-order valence-corrected chi connectivity index (χ4v) is 2.70. The van der Waals surface area contributed by atoms with Gasteiger partial charge in [-0.05, 0) is 23.8 Å². The van der Waals surface area contributed by atoms with Crippen LogP contribution >= 0.6 is 11.6 Å². The summed E-state index contributed by atoms with van der Waals surface area (Å²) < 4.78 is 11.3. The summed E-state index contributed by atoms with van der Waals surface area (Å²) in [5, 5.41) is 19.3. The first kappa shape index (κ1) is 14.3. The maximum atomic E-state index is 9.33. The lowest BCUT2D eigenvalue weighted by atomic mass is 9.79. The molecule has 2 aromatic rings. The molecular weight excluding hydrogens is 290 g/mol. The molecule has 1 aliphatic rings. The van der Waals surface area contributed by atoms with Crippen LogP contribution in [0.25, 0.3) is 0 Å². The number of para-hydroxylation sites is 1. The van der Waals surface area contributed by atoms with E-state index in [2.05, 4.69) is 0 Å². The minimum atomic E-state index is -1.57. The minimum absolute atomic E-state index is 0.257. The van der Waals surface area contributed by atoms with Crippen molar-refractivity contribution in [3.05, 3.63) is 52.5 Å². The van der Waals surface area contributed by atoms with Gasteiger partial charge in [0.2, 0.25) is 0 Å². The number of rotatable bonds is 4. The second-order valence-electron chi connectivity index (χ2n) is 4.85. The van der Waals surface area contributed by atoms with Gasteiger partial charge in [0.05, 0.1) is 6.61 Å². The monoisotopic (exact) mass is 304 g/mol. The van der Waals surface area contributed by atoms with Crippen LogP contribution in [-0.2, 0) is 13.0 Å². The molecule has 4 nitrogen and oxygen atoms in total. The first-order valence-electron chi connectivity index (χ1n) is 6.67. The molecule has 6 heteroatoms. The predicted octanol–water partition coefficient (Wildman–Crippen LogP) is 1.53. The van der Waals surface area contributed by atoms with E-state index in [1.54, 1.807) is 24.3 Å². The number of fused-ring (bicyclic) bond motifs is 1. The van der Waals surface area contributed by atoms with Gasteiger partial charge in [0.15, 0.2) is 0 Å². The van der Waals surface area contributed by atoms with E-state index in [0.29, 0.717) is 22.8 Å². The van der Waals surface area contributed by atoms with Crippen molar-refractivity contribution in [3.8, 4) is 11.5 Å². The zero-order chi connectivity index (χ0) is 14.8. The molecule has 0 aliphatic carbocycles. The molecule has 1 heterocycles. The van der Waals surface area contributed by atoms with Gasteiger partial charge in [-0.1, -0.05) is 29.8 Å². The zero-order valence-electron chi connectivity index (χ0n) is 11.3. The van der Waals surface area contributed by atoms with Crippen LogP contribution in [0.3, 0.4) is 0 Å². The molecule has 2 aromatic carbocycles. The average Bonchev–Trinajstić information content (AvgIpc) is 2.93. The molecular formula is C15H14BClO4. The summed E-state index contributed by atoms with van der Waals surface area (Å²) in [6, 6.07) is 10.5. The Labute approximate surface area is 128 Å². The van der Waals surface area contributed by atoms with Gasteiger partial charge in [0.1, 0.15) is 18.1 Å². The van der Waals surface area contributed by atoms with Gasteiger partial charge in [0, 0.05) is 22.5 Å². The van der Waals surface area contributed by atoms with E-state index in [1.807, 2.05) is 12.1 Å². The fourth-order valence-electron chi connectivity index (χ4n) is 2.43. The van der Waals surface area contributed by atoms with E-state index in [-0.39, 0.29) is 6.61 Å². The van der Waals surface area contributed by atoms with Crippen LogP contribution in [0.4, 0.5) is 0 Å². The first-order valence-corrected chi connectivity index (χ1v) is 7.05. The molecule has 0 aromatic heterocycles. The summed E-state index contributed by atoms with van der Waals surface area (Å²) in [5.41, 5.74) is 2.27. The summed E-state index contributed by atoms with van der Waals surface area (Å²) in [7, 11) is -1.57. The smallest absolute Gasteiger partial charge is 0.492 e. The Morgan fingerprint density at radius 2 is 2.05 bits per heavy atom. The standard InChI is InChI=1S/C15H14BClO4/c17-12-7-10-5-6-20-15(10)11(8-12)9-21-14-4-2-1-3-13(14)16(18)19/h1-4,7-8,18-19H,5-6,9H2. The summed E-state index contributed by atoms with van der Waals surface area (Å²) in [6.45, 7) is 0.904. The molecule has 2 N–H and O–H groups in total. The third-order valence-electron chi connectivity index (χ3n) is 3.41. The van der Waals surface area contributed by atoms with Crippen LogP contribution in [0.15, 0.2) is 36.4 Å². The predicted molar refractivity (Wildman–Crippen MR) is 81.3 cm³/mol. The number of hydrogen-bond donors (Lipinski definition) is 2. The topological polar surface area (TPSA) is 58.9 Å². The van der Waals surface area contributed by atoms with Crippen LogP contribution < -0.4 is 14.9 Å². The van der Waals surface area contributed by atoms with Gasteiger partial charge in [-0.2, -0.15) is 0 Å². The molecule has 108 valence electrons. The molecule has 0 fully saturated rings. The quantitative estimate of drug-likeness (QED) is 0.841. The largest absolute Gasteiger partial charge is 0.493 e. The van der Waals surface area contributed by atoms with Gasteiger partial charge >= 0.3 is 7.12 Å². The fraction of sp³-hybridized carbons (Fsp3) is 0.200. The number of hydrogen-bond acceptors (Lipinski definition) is 4. The maximum Gasteiger partial charge on any atom is 0.492 e. The molecule has 0 amide bonds. The third-order valence-corrected chi connectivity index (χ3v) is 3.62. The molecule has 0 bridgehead atoms. The molecule has 0 unspecified atom stereocenters. The van der Waals surface area contributed by atoms with E-state index in [1.165, 1.54) is 0 Å². The average molecular weight is 305 g/mol. The normalized spacial score (nSPS) is 12.7. The number of benzene rings is 2. The van der Waals surface area contributed by atoms with Crippen LogP contribution in [-0.4, -0.2) is 23.8 Å². The zero-order valence-corrected chi connectivity index (χ0v) is 12.0. The third kappa shape index (κ3) is 3.00. The molecule has 0 saturated heterocycles. The van der Waals surface area contributed by atoms with Crippen LogP contribution in [0.5, 0.6) is 11.5 Å². The van der Waals surface area contributed by atoms with E-state index in [9.17, 15) is 10.0 Å². The van der Waals surface area contributed by atoms with Crippen molar-refractivity contribution in [1.29, 1.82) is 0 Å². The SMILES string of the molecule is OB(O)c1ccccc1OCc1cc(Cl)cc2c1OCC2. The lowest BCUT2D eigenvalue weighted by molar-refractivity contribution is 0.292. The van der Waals surface area contributed by atoms with E-state index in [0.717, 1.165) is 23.3 Å². The van der Waals surface area contributed by atoms with Crippen LogP contribution in [0.2, 0.25) is 5.02 Å². The molecule has 21 heavy (non-hydrogen) atoms. The van der Waals surface area contributed by atoms with E-state index >= 15 is 0 Å². The molecule has 1 aliphatic heterocycles. The second kappa shape index (κ2) is 5.97. The molecule has 3 rings (SSSR count). The second-order valence-corrected chi connectivity index (χ2v) is 5.29. The Kier molecular flexibility index (Phi) is 4.06. The van der Waals surface area contributed by atoms with Gasteiger partial charge < -0.3 is 19.5 Å². The van der Waals surface area contributed by atoms with Crippen molar-refractivity contribution in [2.24, 2.45) is 0 Å². The number of halogens is 1. The highest BCUT2D eigenvalue weighted by Gasteiger charge is 2.20. The Morgan fingerprint density at radius 1 is 1.24 bits per heavy atom. The Bertz CT molecular complexity index is 660. The van der Waals surface area contributed by atoms with Crippen LogP contribution in [0.1, 0.15) is 11.1 Å². The Morgan fingerprint density at radius 3 is 2.86 bits per heavy atom. The van der Waals surface area contributed by atoms with Crippen molar-refractivity contribution in [3.63, 3.8) is 0 Å². The van der Waals surface area contributed by atoms with Crippen LogP contribution in [0, 0.1) is 0 Å². The van der Waals surface area contributed by atoms with Crippen molar-refractivity contribution in [1.82, 2.24) is 0 Å². The Hall–Kier alpha value is -1.69. The lowest BCUT2D eigenvalue weighted by Crippen LogP contribution is -2.31. The highest BCUT2D eigenvalue weighted by atomic mass is 35.5. The van der Waals surface area contributed by atoms with Crippen molar-refractivity contribution < 1.29 is 19.5 Å². The molecule has 0 atom stereocenters. The number of ether oxygens (including phenoxy) is 2. The van der Waals surface area contributed by atoms with Gasteiger partial charge in [0.25, 0.3) is 0 Å². The van der Waals surface area contributed by atoms with E-state index in [4.69, 9.17) is 21.1 Å². The van der Waals surface area contributed by atoms with Gasteiger partial charge in [-0.15, -0.1) is 0 Å². The minimum Gasteiger partial charge on any atom is -0.493 e. The Balaban J connectivity index is 1.83. The first-order chi connectivity index (χ1) is 10.1. The molecule has 0 spiro atoms. The summed E-state index contributed by atoms with van der Waals surface area (Å²) >= 11 is 6.10. The highest BCUT2D eigenvalue weighted by Crippen LogP contribution is 2.33. The summed E-state index contributed by atoms with van der Waals surface area (Å²) in [5.74, 6) is 1.25. The van der Waals surface area contributed by atoms with Crippen molar-refractivity contribution in [2.45, 2.75) is 13.0 Å². The van der Waals surface area contributed by atoms with Gasteiger partial charge in [-0.3, -0.25) is 0 Å². The van der Waals surface area contributed by atoms with Crippen molar-refractivity contribution >= 4 is 24.2 Å². The summed E-state index contributed by atoms with van der Waals surface area (Å²) in [6.07, 6.45) is 0.842. The van der Waals surface area contributed by atoms with E-state index < -0.39 is 7.12 Å².